The topological polar surface area (TPSA) is 48.4 Å². The third kappa shape index (κ3) is 2.50. The zero-order valence-electron chi connectivity index (χ0n) is 15.1. The van der Waals surface area contributed by atoms with Gasteiger partial charge in [-0.25, -0.2) is 4.79 Å². The molecule has 0 amide bonds. The monoisotopic (exact) mass is 339 g/mol. The van der Waals surface area contributed by atoms with E-state index in [1.165, 1.54) is 6.42 Å². The molecular weight excluding hydrogens is 314 g/mol. The SMILES string of the molecule is CC1(C)[C@H]2CC[C@@]1(C)[C@H](OC(=O)COc1cccc3cccnc13)C2. The van der Waals surface area contributed by atoms with Crippen molar-refractivity contribution in [2.75, 3.05) is 6.61 Å². The maximum absolute atomic E-state index is 12.4. The van der Waals surface area contributed by atoms with Crippen molar-refractivity contribution in [1.82, 2.24) is 4.98 Å². The summed E-state index contributed by atoms with van der Waals surface area (Å²) >= 11 is 0. The van der Waals surface area contributed by atoms with Crippen molar-refractivity contribution < 1.29 is 14.3 Å². The van der Waals surface area contributed by atoms with E-state index in [9.17, 15) is 4.79 Å². The van der Waals surface area contributed by atoms with Crippen LogP contribution < -0.4 is 4.74 Å². The van der Waals surface area contributed by atoms with Crippen LogP contribution in [0.3, 0.4) is 0 Å². The Morgan fingerprint density at radius 1 is 1.24 bits per heavy atom. The molecule has 1 aromatic carbocycles. The molecule has 0 N–H and O–H groups in total. The average Bonchev–Trinajstić information content (AvgIpc) is 2.93. The Labute approximate surface area is 148 Å². The lowest BCUT2D eigenvalue weighted by Crippen LogP contribution is -2.39. The van der Waals surface area contributed by atoms with Crippen molar-refractivity contribution in [3.63, 3.8) is 0 Å². The third-order valence-electron chi connectivity index (χ3n) is 6.93. The molecule has 1 aromatic heterocycles. The number of para-hydroxylation sites is 1. The fraction of sp³-hybridized carbons (Fsp3) is 0.524. The number of benzene rings is 1. The molecule has 4 heteroatoms. The molecule has 0 aliphatic heterocycles. The van der Waals surface area contributed by atoms with Gasteiger partial charge < -0.3 is 9.47 Å². The first kappa shape index (κ1) is 16.4. The lowest BCUT2D eigenvalue weighted by atomic mass is 9.70. The van der Waals surface area contributed by atoms with Crippen LogP contribution >= 0.6 is 0 Å². The van der Waals surface area contributed by atoms with Gasteiger partial charge in [-0.2, -0.15) is 0 Å². The standard InChI is InChI=1S/C21H25NO3/c1-20(2)15-9-10-21(20,3)17(12-15)25-18(23)13-24-16-8-4-6-14-7-5-11-22-19(14)16/h4-8,11,15,17H,9-10,12-13H2,1-3H3/t15-,17+,21-/m0/s1. The summed E-state index contributed by atoms with van der Waals surface area (Å²) in [5, 5.41) is 0.996. The van der Waals surface area contributed by atoms with Crippen molar-refractivity contribution >= 4 is 16.9 Å². The molecule has 25 heavy (non-hydrogen) atoms. The number of nitrogens with zero attached hydrogens (tertiary/aromatic N) is 1. The van der Waals surface area contributed by atoms with Gasteiger partial charge in [0.1, 0.15) is 17.4 Å². The minimum absolute atomic E-state index is 0.00277. The summed E-state index contributed by atoms with van der Waals surface area (Å²) in [6, 6.07) is 9.59. The molecule has 2 saturated carbocycles. The van der Waals surface area contributed by atoms with Gasteiger partial charge in [-0.05, 0) is 42.7 Å². The Bertz CT molecular complexity index is 810. The molecule has 2 bridgehead atoms. The number of carbonyl (C=O) groups is 1. The maximum Gasteiger partial charge on any atom is 0.344 e. The summed E-state index contributed by atoms with van der Waals surface area (Å²) in [6.07, 6.45) is 5.09. The molecule has 0 unspecified atom stereocenters. The molecule has 2 fully saturated rings. The van der Waals surface area contributed by atoms with Gasteiger partial charge in [0.15, 0.2) is 6.61 Å². The lowest BCUT2D eigenvalue weighted by molar-refractivity contribution is -0.159. The zero-order valence-corrected chi connectivity index (χ0v) is 15.1. The second-order valence-electron chi connectivity index (χ2n) is 8.21. The highest BCUT2D eigenvalue weighted by molar-refractivity contribution is 5.84. The summed E-state index contributed by atoms with van der Waals surface area (Å²) in [5.74, 6) is 0.982. The van der Waals surface area contributed by atoms with E-state index in [2.05, 4.69) is 25.8 Å². The molecule has 2 aromatic rings. The number of ether oxygens (including phenoxy) is 2. The number of rotatable bonds is 4. The maximum atomic E-state index is 12.4. The highest BCUT2D eigenvalue weighted by Crippen LogP contribution is 2.66. The van der Waals surface area contributed by atoms with Crippen molar-refractivity contribution in [2.24, 2.45) is 16.7 Å². The Kier molecular flexibility index (Phi) is 3.75. The highest BCUT2D eigenvalue weighted by atomic mass is 16.6. The van der Waals surface area contributed by atoms with E-state index >= 15 is 0 Å². The fourth-order valence-corrected chi connectivity index (χ4v) is 4.83. The first-order valence-electron chi connectivity index (χ1n) is 9.08. The minimum Gasteiger partial charge on any atom is -0.480 e. The molecule has 0 radical (unpaired) electrons. The molecular formula is C21H25NO3. The van der Waals surface area contributed by atoms with E-state index in [4.69, 9.17) is 9.47 Å². The first-order valence-corrected chi connectivity index (χ1v) is 9.08. The number of esters is 1. The average molecular weight is 339 g/mol. The minimum atomic E-state index is -0.289. The Morgan fingerprint density at radius 3 is 2.76 bits per heavy atom. The van der Waals surface area contributed by atoms with Gasteiger partial charge in [0.2, 0.25) is 0 Å². The van der Waals surface area contributed by atoms with Crippen LogP contribution in [-0.4, -0.2) is 23.7 Å². The van der Waals surface area contributed by atoms with Gasteiger partial charge in [-0.3, -0.25) is 4.98 Å². The lowest BCUT2D eigenvalue weighted by Gasteiger charge is -2.38. The van der Waals surface area contributed by atoms with E-state index in [0.29, 0.717) is 11.7 Å². The summed E-state index contributed by atoms with van der Waals surface area (Å²) in [6.45, 7) is 6.83. The number of hydrogen-bond donors (Lipinski definition) is 0. The van der Waals surface area contributed by atoms with Crippen molar-refractivity contribution in [1.29, 1.82) is 0 Å². The smallest absolute Gasteiger partial charge is 0.344 e. The predicted octanol–water partition coefficient (Wildman–Crippen LogP) is 4.37. The van der Waals surface area contributed by atoms with Crippen LogP contribution in [-0.2, 0) is 9.53 Å². The van der Waals surface area contributed by atoms with Crippen LogP contribution in [0.15, 0.2) is 36.5 Å². The Hall–Kier alpha value is -2.10. The molecule has 3 atom stereocenters. The number of pyridine rings is 1. The summed E-state index contributed by atoms with van der Waals surface area (Å²) in [5.41, 5.74) is 1.08. The highest BCUT2D eigenvalue weighted by Gasteiger charge is 2.62. The molecule has 4 nitrogen and oxygen atoms in total. The summed E-state index contributed by atoms with van der Waals surface area (Å²) < 4.78 is 11.6. The molecule has 2 aliphatic carbocycles. The molecule has 4 rings (SSSR count). The van der Waals surface area contributed by atoms with Crippen LogP contribution in [0.25, 0.3) is 10.9 Å². The number of carbonyl (C=O) groups excluding carboxylic acids is 1. The second-order valence-corrected chi connectivity index (χ2v) is 8.21. The third-order valence-corrected chi connectivity index (χ3v) is 6.93. The van der Waals surface area contributed by atoms with Crippen LogP contribution in [0.4, 0.5) is 0 Å². The molecule has 2 aliphatic rings. The largest absolute Gasteiger partial charge is 0.480 e. The van der Waals surface area contributed by atoms with Crippen LogP contribution in [0.5, 0.6) is 5.75 Å². The van der Waals surface area contributed by atoms with Crippen molar-refractivity contribution in [2.45, 2.75) is 46.1 Å². The quantitative estimate of drug-likeness (QED) is 0.776. The van der Waals surface area contributed by atoms with Gasteiger partial charge in [0.05, 0.1) is 0 Å². The first-order chi connectivity index (χ1) is 11.9. The molecule has 0 saturated heterocycles. The zero-order chi connectivity index (χ0) is 17.7. The van der Waals surface area contributed by atoms with Crippen molar-refractivity contribution in [3.8, 4) is 5.75 Å². The van der Waals surface area contributed by atoms with Gasteiger partial charge in [0, 0.05) is 17.0 Å². The van der Waals surface area contributed by atoms with E-state index in [1.54, 1.807) is 6.20 Å². The van der Waals surface area contributed by atoms with Gasteiger partial charge >= 0.3 is 5.97 Å². The number of aromatic nitrogens is 1. The fourth-order valence-electron chi connectivity index (χ4n) is 4.83. The molecule has 0 spiro atoms. The second kappa shape index (κ2) is 5.72. The van der Waals surface area contributed by atoms with Crippen LogP contribution in [0.1, 0.15) is 40.0 Å². The predicted molar refractivity (Wildman–Crippen MR) is 96.3 cm³/mol. The Balaban J connectivity index is 1.42. The van der Waals surface area contributed by atoms with Crippen molar-refractivity contribution in [3.05, 3.63) is 36.5 Å². The van der Waals surface area contributed by atoms with E-state index in [1.807, 2.05) is 30.3 Å². The van der Waals surface area contributed by atoms with Gasteiger partial charge in [-0.1, -0.05) is 39.0 Å². The van der Waals surface area contributed by atoms with E-state index in [0.717, 1.165) is 23.7 Å². The van der Waals surface area contributed by atoms with Gasteiger partial charge in [0.25, 0.3) is 0 Å². The van der Waals surface area contributed by atoms with Crippen LogP contribution in [0.2, 0.25) is 0 Å². The summed E-state index contributed by atoms with van der Waals surface area (Å²) in [4.78, 5) is 16.7. The van der Waals surface area contributed by atoms with E-state index in [-0.39, 0.29) is 29.5 Å². The molecule has 132 valence electrons. The normalized spacial score (nSPS) is 29.7. The van der Waals surface area contributed by atoms with E-state index < -0.39 is 0 Å². The number of fused-ring (bicyclic) bond motifs is 3. The molecule has 1 heterocycles. The van der Waals surface area contributed by atoms with Crippen LogP contribution in [0, 0.1) is 16.7 Å². The number of hydrogen-bond acceptors (Lipinski definition) is 4. The Morgan fingerprint density at radius 2 is 2.04 bits per heavy atom. The van der Waals surface area contributed by atoms with Gasteiger partial charge in [-0.15, -0.1) is 0 Å². The summed E-state index contributed by atoms with van der Waals surface area (Å²) in [7, 11) is 0.